The molecule has 1 spiro atoms. The average molecular weight is 595 g/mol. The Hall–Kier alpha value is -2.32. The standard InChI is InChI=1S/C35H54N4O4/c1-2-3-11-29-27-39(26-28-9-5-4-6-10-28)34(41)43-35(29)16-20-36(21-17-35)30-14-18-38(19-15-30)33(40)31-12-7-8-13-32(31)37-22-24-42-25-23-37/h7-8,12-13,28-30H,2-6,9-11,14-27H2,1H3. The largest absolute Gasteiger partial charge is 0.442 e. The second-order valence-corrected chi connectivity index (χ2v) is 13.9. The van der Waals surface area contributed by atoms with Crippen molar-refractivity contribution < 1.29 is 19.1 Å². The molecule has 0 N–H and O–H groups in total. The number of morpholine rings is 1. The van der Waals surface area contributed by atoms with Gasteiger partial charge in [0.2, 0.25) is 0 Å². The van der Waals surface area contributed by atoms with Crippen molar-refractivity contribution in [3.05, 3.63) is 29.8 Å². The van der Waals surface area contributed by atoms with Gasteiger partial charge in [0, 0.05) is 82.8 Å². The molecule has 0 radical (unpaired) electrons. The number of unbranched alkanes of at least 4 members (excludes halogenated alkanes) is 1. The Labute approximate surface area is 259 Å². The third-order valence-corrected chi connectivity index (χ3v) is 11.2. The number of piperidine rings is 2. The van der Waals surface area contributed by atoms with Crippen LogP contribution in [0.2, 0.25) is 0 Å². The first kappa shape index (κ1) is 30.7. The highest BCUT2D eigenvalue weighted by molar-refractivity contribution is 6.00. The van der Waals surface area contributed by atoms with Crippen molar-refractivity contribution in [1.82, 2.24) is 14.7 Å². The lowest BCUT2D eigenvalue weighted by molar-refractivity contribution is -0.127. The summed E-state index contributed by atoms with van der Waals surface area (Å²) < 4.78 is 12.0. The van der Waals surface area contributed by atoms with Crippen molar-refractivity contribution in [3.8, 4) is 0 Å². The van der Waals surface area contributed by atoms with Gasteiger partial charge in [0.05, 0.1) is 18.8 Å². The van der Waals surface area contributed by atoms with Gasteiger partial charge in [-0.3, -0.25) is 9.69 Å². The van der Waals surface area contributed by atoms with Crippen LogP contribution in [0.15, 0.2) is 24.3 Å². The van der Waals surface area contributed by atoms with E-state index in [4.69, 9.17) is 9.47 Å². The monoisotopic (exact) mass is 594 g/mol. The van der Waals surface area contributed by atoms with E-state index in [1.807, 2.05) is 18.2 Å². The van der Waals surface area contributed by atoms with Crippen molar-refractivity contribution in [2.45, 2.75) is 95.6 Å². The van der Waals surface area contributed by atoms with Gasteiger partial charge in [-0.2, -0.15) is 0 Å². The van der Waals surface area contributed by atoms with E-state index in [0.717, 1.165) is 95.7 Å². The predicted octanol–water partition coefficient (Wildman–Crippen LogP) is 5.80. The first-order valence-corrected chi connectivity index (χ1v) is 17.5. The van der Waals surface area contributed by atoms with E-state index in [1.54, 1.807) is 0 Å². The van der Waals surface area contributed by atoms with E-state index in [0.29, 0.717) is 31.1 Å². The summed E-state index contributed by atoms with van der Waals surface area (Å²) in [6.45, 7) is 10.7. The topological polar surface area (TPSA) is 65.6 Å². The molecule has 1 unspecified atom stereocenters. The summed E-state index contributed by atoms with van der Waals surface area (Å²) in [4.78, 5) is 36.0. The molecular weight excluding hydrogens is 540 g/mol. The Kier molecular flexibility index (Phi) is 10.1. The Bertz CT molecular complexity index is 1070. The summed E-state index contributed by atoms with van der Waals surface area (Å²) in [6, 6.07) is 8.57. The van der Waals surface area contributed by atoms with Gasteiger partial charge in [-0.25, -0.2) is 4.79 Å². The fraction of sp³-hybridized carbons (Fsp3) is 0.771. The zero-order valence-corrected chi connectivity index (χ0v) is 26.5. The number of hydrogen-bond acceptors (Lipinski definition) is 6. The molecular formula is C35H54N4O4. The van der Waals surface area contributed by atoms with Crippen LogP contribution in [-0.2, 0) is 9.47 Å². The fourth-order valence-corrected chi connectivity index (χ4v) is 8.58. The summed E-state index contributed by atoms with van der Waals surface area (Å²) in [5, 5.41) is 0. The fourth-order valence-electron chi connectivity index (χ4n) is 8.58. The van der Waals surface area contributed by atoms with Crippen LogP contribution in [0.3, 0.4) is 0 Å². The molecule has 8 heteroatoms. The van der Waals surface area contributed by atoms with Gasteiger partial charge in [-0.05, 0) is 50.2 Å². The number of amides is 2. The molecule has 4 aliphatic heterocycles. The Balaban J connectivity index is 1.03. The average Bonchev–Trinajstić information content (AvgIpc) is 3.06. The third-order valence-electron chi connectivity index (χ3n) is 11.2. The highest BCUT2D eigenvalue weighted by Gasteiger charge is 2.50. The Morgan fingerprint density at radius 3 is 2.37 bits per heavy atom. The van der Waals surface area contributed by atoms with Crippen LogP contribution in [0.4, 0.5) is 10.5 Å². The molecule has 4 saturated heterocycles. The number of rotatable bonds is 8. The number of benzene rings is 1. The Morgan fingerprint density at radius 1 is 0.930 bits per heavy atom. The smallest absolute Gasteiger partial charge is 0.410 e. The molecule has 0 aromatic heterocycles. The molecule has 238 valence electrons. The van der Waals surface area contributed by atoms with Gasteiger partial charge in [-0.15, -0.1) is 0 Å². The molecule has 4 heterocycles. The number of nitrogens with zero attached hydrogens (tertiary/aromatic N) is 4. The van der Waals surface area contributed by atoms with Crippen molar-refractivity contribution in [2.75, 3.05) is 70.5 Å². The number of carbonyl (C=O) groups excluding carboxylic acids is 2. The maximum Gasteiger partial charge on any atom is 0.410 e. The first-order chi connectivity index (χ1) is 21.1. The molecule has 0 bridgehead atoms. The number of para-hydroxylation sites is 1. The van der Waals surface area contributed by atoms with Crippen molar-refractivity contribution in [1.29, 1.82) is 0 Å². The van der Waals surface area contributed by atoms with Gasteiger partial charge in [-0.1, -0.05) is 51.2 Å². The quantitative estimate of drug-likeness (QED) is 0.379. The minimum Gasteiger partial charge on any atom is -0.442 e. The minimum absolute atomic E-state index is 0.0593. The van der Waals surface area contributed by atoms with Gasteiger partial charge >= 0.3 is 6.09 Å². The molecule has 5 fully saturated rings. The van der Waals surface area contributed by atoms with Gasteiger partial charge < -0.3 is 24.2 Å². The molecule has 43 heavy (non-hydrogen) atoms. The van der Waals surface area contributed by atoms with Gasteiger partial charge in [0.1, 0.15) is 5.60 Å². The molecule has 1 aromatic rings. The SMILES string of the molecule is CCCCC1CN(CC2CCCCC2)C(=O)OC12CCN(C1CCN(C(=O)c3ccccc3N3CCOCC3)CC1)CC2. The summed E-state index contributed by atoms with van der Waals surface area (Å²) in [5.74, 6) is 1.24. The van der Waals surface area contributed by atoms with Gasteiger partial charge in [0.15, 0.2) is 0 Å². The lowest BCUT2D eigenvalue weighted by atomic mass is 9.75. The second kappa shape index (κ2) is 14.2. The van der Waals surface area contributed by atoms with E-state index < -0.39 is 0 Å². The molecule has 6 rings (SSSR count). The summed E-state index contributed by atoms with van der Waals surface area (Å²) in [5.41, 5.74) is 1.56. The first-order valence-electron chi connectivity index (χ1n) is 17.5. The molecule has 2 amide bonds. The molecule has 5 aliphatic rings. The summed E-state index contributed by atoms with van der Waals surface area (Å²) in [6.07, 6.45) is 13.8. The second-order valence-electron chi connectivity index (χ2n) is 13.9. The third kappa shape index (κ3) is 7.00. The molecule has 8 nitrogen and oxygen atoms in total. The summed E-state index contributed by atoms with van der Waals surface area (Å²) >= 11 is 0. The number of likely N-dealkylation sites (tertiary alicyclic amines) is 2. The van der Waals surface area contributed by atoms with E-state index in [9.17, 15) is 9.59 Å². The van der Waals surface area contributed by atoms with Crippen molar-refractivity contribution >= 4 is 17.7 Å². The predicted molar refractivity (Wildman–Crippen MR) is 170 cm³/mol. The van der Waals surface area contributed by atoms with Crippen LogP contribution in [0.5, 0.6) is 0 Å². The molecule has 1 atom stereocenters. The maximum atomic E-state index is 13.7. The van der Waals surface area contributed by atoms with Crippen LogP contribution in [0.25, 0.3) is 0 Å². The zero-order chi connectivity index (χ0) is 29.6. The van der Waals surface area contributed by atoms with Gasteiger partial charge in [0.25, 0.3) is 5.91 Å². The number of ether oxygens (including phenoxy) is 2. The highest BCUT2D eigenvalue weighted by Crippen LogP contribution is 2.42. The molecule has 1 aliphatic carbocycles. The van der Waals surface area contributed by atoms with E-state index in [-0.39, 0.29) is 17.6 Å². The van der Waals surface area contributed by atoms with E-state index in [1.165, 1.54) is 44.9 Å². The summed E-state index contributed by atoms with van der Waals surface area (Å²) in [7, 11) is 0. The zero-order valence-electron chi connectivity index (χ0n) is 26.5. The normalized spacial score (nSPS) is 26.1. The molecule has 1 saturated carbocycles. The molecule has 1 aromatic carbocycles. The van der Waals surface area contributed by atoms with Crippen LogP contribution >= 0.6 is 0 Å². The number of hydrogen-bond donors (Lipinski definition) is 0. The van der Waals surface area contributed by atoms with Crippen LogP contribution in [-0.4, -0.2) is 104 Å². The lowest BCUT2D eigenvalue weighted by Gasteiger charge is -2.52. The van der Waals surface area contributed by atoms with E-state index >= 15 is 0 Å². The van der Waals surface area contributed by atoms with Crippen LogP contribution < -0.4 is 4.90 Å². The van der Waals surface area contributed by atoms with Crippen LogP contribution in [0.1, 0.15) is 94.3 Å². The number of anilines is 1. The van der Waals surface area contributed by atoms with Crippen molar-refractivity contribution in [3.63, 3.8) is 0 Å². The maximum absolute atomic E-state index is 13.7. The minimum atomic E-state index is -0.300. The van der Waals surface area contributed by atoms with Crippen LogP contribution in [0, 0.1) is 11.8 Å². The highest BCUT2D eigenvalue weighted by atomic mass is 16.6. The van der Waals surface area contributed by atoms with Crippen molar-refractivity contribution in [2.24, 2.45) is 11.8 Å². The van der Waals surface area contributed by atoms with E-state index in [2.05, 4.69) is 32.6 Å². The number of carbonyl (C=O) groups is 2. The lowest BCUT2D eigenvalue weighted by Crippen LogP contribution is -2.61. The Morgan fingerprint density at radius 2 is 1.65 bits per heavy atom.